The Labute approximate surface area is 158 Å². The van der Waals surface area contributed by atoms with Crippen LogP contribution in [-0.2, 0) is 46.7 Å². The van der Waals surface area contributed by atoms with E-state index < -0.39 is 32.4 Å². The maximum Gasteiger partial charge on any atom is 0.207 e. The van der Waals surface area contributed by atoms with E-state index in [0.717, 1.165) is 0 Å². The Balaban J connectivity index is -0.000000113. The van der Waals surface area contributed by atoms with E-state index >= 15 is 0 Å². The molecule has 0 aromatic rings. The van der Waals surface area contributed by atoms with Gasteiger partial charge >= 0.3 is 52.4 Å². The minimum atomic E-state index is -0.908. The van der Waals surface area contributed by atoms with Crippen LogP contribution in [0.25, 0.3) is 0 Å². The van der Waals surface area contributed by atoms with Crippen molar-refractivity contribution in [2.75, 3.05) is 43.0 Å². The van der Waals surface area contributed by atoms with Crippen LogP contribution in [0.5, 0.6) is 0 Å². The minimum Gasteiger partial charge on any atom is -0.347 e. The Morgan fingerprint density at radius 1 is 1.17 bits per heavy atom. The molecule has 13 heteroatoms. The minimum absolute atomic E-state index is 0.253. The zero-order valence-electron chi connectivity index (χ0n) is 14.1. The zero-order valence-corrected chi connectivity index (χ0v) is 18.3. The number of ether oxygens (including phenoxy) is 1. The number of nitrogens with one attached hydrogen (secondary N) is 1. The fourth-order valence-electron chi connectivity index (χ4n) is 0.337. The van der Waals surface area contributed by atoms with Gasteiger partial charge in [-0.25, -0.2) is 0 Å². The molecule has 0 bridgehead atoms. The Kier molecular flexibility index (Phi) is 39.5. The van der Waals surface area contributed by atoms with Crippen LogP contribution < -0.4 is 11.1 Å². The van der Waals surface area contributed by atoms with E-state index in [1.807, 2.05) is 0 Å². The van der Waals surface area contributed by atoms with Gasteiger partial charge in [0, 0.05) is 34.1 Å². The molecule has 3 N–H and O–H groups in total. The van der Waals surface area contributed by atoms with Crippen LogP contribution in [0.15, 0.2) is 4.99 Å². The number of aliphatic imine (C=N–C) groups is 1. The summed E-state index contributed by atoms with van der Waals surface area (Å²) in [4.78, 5) is 22.2. The molecule has 0 spiro atoms. The summed E-state index contributed by atoms with van der Waals surface area (Å²) in [7, 11) is -2.52. The molecule has 144 valence electrons. The number of carbonyl (C=O) groups excluding carboxylic acids is 2. The molecule has 9 nitrogen and oxygen atoms in total. The summed E-state index contributed by atoms with van der Waals surface area (Å²) in [6.45, 7) is 2.66. The second kappa shape index (κ2) is 30.3. The van der Waals surface area contributed by atoms with Crippen molar-refractivity contribution in [3.63, 3.8) is 0 Å². The van der Waals surface area contributed by atoms with Gasteiger partial charge in [0.05, 0.1) is 18.4 Å². The molecule has 0 aliphatic carbocycles. The second-order valence-electron chi connectivity index (χ2n) is 3.28. The average Bonchev–Trinajstić information content (AvgIpc) is 2.53. The van der Waals surface area contributed by atoms with Crippen LogP contribution in [0.2, 0.25) is 0 Å². The van der Waals surface area contributed by atoms with Crippen molar-refractivity contribution in [1.82, 2.24) is 5.32 Å². The Morgan fingerprint density at radius 2 is 1.67 bits per heavy atom. The van der Waals surface area contributed by atoms with Gasteiger partial charge in [-0.2, -0.15) is 0 Å². The molecule has 0 aliphatic heterocycles. The van der Waals surface area contributed by atoms with Gasteiger partial charge in [0.15, 0.2) is 0 Å². The third-order valence-electron chi connectivity index (χ3n) is 1.15. The molecule has 0 rings (SSSR count). The van der Waals surface area contributed by atoms with Crippen LogP contribution in [0.1, 0.15) is 6.92 Å². The zero-order chi connectivity index (χ0) is 19.8. The summed E-state index contributed by atoms with van der Waals surface area (Å²) in [5, 5.41) is 2.27. The number of nitrogens with zero attached hydrogens (tertiary/aromatic N) is 1. The predicted octanol–water partition coefficient (Wildman–Crippen LogP) is -2.07. The number of hydrogen-bond acceptors (Lipinski definition) is 8. The number of carbonyl (C=O) groups is 2. The average molecular weight is 470 g/mol. The monoisotopic (exact) mass is 471 g/mol. The van der Waals surface area contributed by atoms with Crippen LogP contribution in [0, 0.1) is 0 Å². The van der Waals surface area contributed by atoms with Gasteiger partial charge in [-0.3, -0.25) is 18.0 Å². The largest absolute Gasteiger partial charge is 0.347 e. The van der Waals surface area contributed by atoms with Crippen molar-refractivity contribution in [1.29, 1.82) is 0 Å². The quantitative estimate of drug-likeness (QED) is 0.235. The molecular weight excluding hydrogens is 445 g/mol. The van der Waals surface area contributed by atoms with Gasteiger partial charge in [-0.1, -0.05) is 0 Å². The topological polar surface area (TPSA) is 145 Å². The third kappa shape index (κ3) is 68.4. The predicted molar refractivity (Wildman–Crippen MR) is 101 cm³/mol. The first-order valence-electron chi connectivity index (χ1n) is 6.09. The Bertz CT molecular complexity index is 420. The maximum atomic E-state index is 10.2. The van der Waals surface area contributed by atoms with Gasteiger partial charge in [0.1, 0.15) is 0 Å². The van der Waals surface area contributed by atoms with Gasteiger partial charge in [0.2, 0.25) is 6.41 Å². The fraction of sp³-hybridized carbons (Fsp3) is 0.727. The van der Waals surface area contributed by atoms with E-state index in [-0.39, 0.29) is 11.8 Å². The van der Waals surface area contributed by atoms with Gasteiger partial charge in [-0.15, -0.1) is 0 Å². The van der Waals surface area contributed by atoms with Crippen LogP contribution >= 0.6 is 0 Å². The van der Waals surface area contributed by atoms with Crippen molar-refractivity contribution in [2.24, 2.45) is 10.7 Å². The van der Waals surface area contributed by atoms with E-state index in [9.17, 15) is 22.2 Å². The smallest absolute Gasteiger partial charge is 0.207 e. The van der Waals surface area contributed by atoms with Crippen molar-refractivity contribution in [3.05, 3.63) is 0 Å². The molecule has 0 saturated heterocycles. The molecule has 0 radical (unpaired) electrons. The van der Waals surface area contributed by atoms with Crippen LogP contribution in [0.4, 0.5) is 0 Å². The first-order valence-corrected chi connectivity index (χ1v) is 12.1. The molecule has 0 fully saturated rings. The van der Waals surface area contributed by atoms with Crippen molar-refractivity contribution in [3.8, 4) is 0 Å². The standard InChI is InChI=1S/C3H7NO2S.C3H5NOSSe.C3H6O2.C2H7NOS/c1-7(6)3-4-2-5;1-6(5)2-4-3-7;1-2-5-3-4;1-5(4)2-3/h2H,3H2,1H3,(H,4,5);2H2,1H3;3H,2H2,1H3;2-3H2,1H3. The van der Waals surface area contributed by atoms with E-state index in [1.54, 1.807) is 19.4 Å². The van der Waals surface area contributed by atoms with Crippen molar-refractivity contribution < 1.29 is 27.0 Å². The number of nitrogens with two attached hydrogens (primary N) is 1. The van der Waals surface area contributed by atoms with Crippen LogP contribution in [0.3, 0.4) is 0 Å². The normalized spacial score (nSPS) is 11.7. The Morgan fingerprint density at radius 3 is 1.75 bits per heavy atom. The fourth-order valence-corrected chi connectivity index (χ4v) is 1.21. The number of amides is 1. The molecule has 0 heterocycles. The Hall–Kier alpha value is -0.551. The third-order valence-corrected chi connectivity index (χ3v) is 2.96. The summed E-state index contributed by atoms with van der Waals surface area (Å²) in [6.07, 6.45) is 5.22. The molecule has 0 aliphatic rings. The molecule has 0 saturated carbocycles. The van der Waals surface area contributed by atoms with Gasteiger partial charge in [0.25, 0.3) is 6.47 Å². The van der Waals surface area contributed by atoms with E-state index in [0.29, 0.717) is 25.4 Å². The van der Waals surface area contributed by atoms with Gasteiger partial charge < -0.3 is 15.8 Å². The van der Waals surface area contributed by atoms with Gasteiger partial charge in [-0.05, 0) is 6.92 Å². The summed E-state index contributed by atoms with van der Waals surface area (Å²) < 4.78 is 36.6. The van der Waals surface area contributed by atoms with Crippen molar-refractivity contribution >= 4 is 65.6 Å². The molecule has 1 amide bonds. The van der Waals surface area contributed by atoms with E-state index in [2.05, 4.69) is 35.3 Å². The summed E-state index contributed by atoms with van der Waals surface area (Å²) in [5.41, 5.74) is 4.87. The van der Waals surface area contributed by atoms with E-state index in [4.69, 9.17) is 5.73 Å². The number of hydrogen-bond donors (Lipinski definition) is 2. The molecule has 3 unspecified atom stereocenters. The summed E-state index contributed by atoms with van der Waals surface area (Å²) >= 11 is 2.45. The SMILES string of the molecule is CCOC=O.CS(=O)CN.CS(=O)CN=C=[Se].CS(=O)CNC=O. The molecule has 0 aromatic carbocycles. The first kappa shape index (κ1) is 31.2. The molecular formula is C11H25N3O6S3Se. The summed E-state index contributed by atoms with van der Waals surface area (Å²) in [6, 6.07) is 0. The maximum absolute atomic E-state index is 10.2. The van der Waals surface area contributed by atoms with E-state index in [1.165, 1.54) is 6.26 Å². The number of rotatable bonds is 8. The molecule has 24 heavy (non-hydrogen) atoms. The van der Waals surface area contributed by atoms with Crippen molar-refractivity contribution in [2.45, 2.75) is 6.92 Å². The summed E-state index contributed by atoms with van der Waals surface area (Å²) in [5.74, 6) is 0.885. The van der Waals surface area contributed by atoms with Crippen LogP contribution in [-0.4, -0.2) is 88.8 Å². The molecule has 0 aromatic heterocycles. The second-order valence-corrected chi connectivity index (χ2v) is 7.99. The molecule has 3 atom stereocenters. The first-order chi connectivity index (χ1) is 11.2.